The van der Waals surface area contributed by atoms with Gasteiger partial charge in [0.2, 0.25) is 11.6 Å². The minimum absolute atomic E-state index is 0.186. The van der Waals surface area contributed by atoms with Crippen LogP contribution in [-0.4, -0.2) is 27.8 Å². The van der Waals surface area contributed by atoms with Crippen LogP contribution >= 0.6 is 0 Å². The molecule has 1 aliphatic rings. The normalized spacial score (nSPS) is 14.5. The Kier molecular flexibility index (Phi) is 1.89. The molecule has 6 nitrogen and oxygen atoms in total. The number of aromatic nitrogens is 1. The van der Waals surface area contributed by atoms with E-state index in [1.807, 2.05) is 5.32 Å². The number of hydrogen-bond donors (Lipinski definition) is 3. The van der Waals surface area contributed by atoms with Crippen LogP contribution in [0.15, 0.2) is 24.0 Å². The third-order valence-electron chi connectivity index (χ3n) is 2.00. The van der Waals surface area contributed by atoms with Gasteiger partial charge in [0, 0.05) is 12.3 Å². The van der Waals surface area contributed by atoms with E-state index in [1.54, 1.807) is 0 Å². The molecule has 1 aromatic rings. The molecule has 1 amide bonds. The van der Waals surface area contributed by atoms with Gasteiger partial charge in [-0.1, -0.05) is 0 Å². The number of allylic oxidation sites excluding steroid dienone is 2. The van der Waals surface area contributed by atoms with Gasteiger partial charge in [-0.15, -0.1) is 0 Å². The molecule has 1 heterocycles. The molecule has 0 saturated heterocycles. The number of rotatable bonds is 1. The summed E-state index contributed by atoms with van der Waals surface area (Å²) in [7, 11) is 0. The van der Waals surface area contributed by atoms with E-state index >= 15 is 0 Å². The Hall–Kier alpha value is -2.37. The third-order valence-corrected chi connectivity index (χ3v) is 2.00. The number of Topliss-reactive ketones (excluding diaryl/α,β-unsaturated/α-hetero) is 1. The maximum absolute atomic E-state index is 11.6. The number of carbonyl (C=O) groups excluding carboxylic acids is 2. The molecular formula is C9H6N2O4. The van der Waals surface area contributed by atoms with Gasteiger partial charge >= 0.3 is 6.09 Å². The quantitative estimate of drug-likeness (QED) is 0.624. The van der Waals surface area contributed by atoms with E-state index in [9.17, 15) is 14.4 Å². The van der Waals surface area contributed by atoms with Crippen LogP contribution in [0.2, 0.25) is 0 Å². The molecule has 15 heavy (non-hydrogen) atoms. The number of ketones is 2. The Labute approximate surface area is 83.6 Å². The first-order valence-corrected chi connectivity index (χ1v) is 4.07. The van der Waals surface area contributed by atoms with Gasteiger partial charge in [0.05, 0.1) is 17.0 Å². The highest BCUT2D eigenvalue weighted by molar-refractivity contribution is 6.24. The number of carbonyl (C=O) groups is 3. The smallest absolute Gasteiger partial charge is 0.409 e. The third kappa shape index (κ3) is 1.41. The van der Waals surface area contributed by atoms with Gasteiger partial charge in [-0.05, 0) is 6.07 Å². The average molecular weight is 206 g/mol. The fourth-order valence-corrected chi connectivity index (χ4v) is 1.38. The number of nitrogens with one attached hydrogen (secondary N) is 2. The molecule has 2 rings (SSSR count). The van der Waals surface area contributed by atoms with Gasteiger partial charge in [0.25, 0.3) is 0 Å². The van der Waals surface area contributed by atoms with Crippen molar-refractivity contribution in [2.75, 3.05) is 0 Å². The van der Waals surface area contributed by atoms with E-state index in [1.165, 1.54) is 12.3 Å². The van der Waals surface area contributed by atoms with Gasteiger partial charge in [-0.25, -0.2) is 4.79 Å². The van der Waals surface area contributed by atoms with Gasteiger partial charge in [-0.2, -0.15) is 0 Å². The van der Waals surface area contributed by atoms with E-state index < -0.39 is 17.7 Å². The monoisotopic (exact) mass is 206 g/mol. The number of carboxylic acid groups (broad SMARTS) is 1. The minimum atomic E-state index is -1.37. The van der Waals surface area contributed by atoms with Crippen molar-refractivity contribution in [1.29, 1.82) is 0 Å². The Morgan fingerprint density at radius 1 is 1.40 bits per heavy atom. The molecule has 1 aliphatic carbocycles. The second-order valence-electron chi connectivity index (χ2n) is 2.95. The molecule has 0 radical (unpaired) electrons. The van der Waals surface area contributed by atoms with Gasteiger partial charge in [0.1, 0.15) is 0 Å². The number of hydrogen-bond acceptors (Lipinski definition) is 3. The zero-order chi connectivity index (χ0) is 11.0. The van der Waals surface area contributed by atoms with Crippen LogP contribution in [0.25, 0.3) is 0 Å². The Morgan fingerprint density at radius 2 is 2.13 bits per heavy atom. The van der Waals surface area contributed by atoms with Crippen molar-refractivity contribution in [3.63, 3.8) is 0 Å². The summed E-state index contributed by atoms with van der Waals surface area (Å²) in [6.45, 7) is 0. The summed E-state index contributed by atoms with van der Waals surface area (Å²) < 4.78 is 0. The standard InChI is InChI=1S/C9H6N2O4/c12-6-3-5(11-9(14)15)8(13)4-1-2-10-7(4)6/h1-3,10-11H,(H,14,15). The minimum Gasteiger partial charge on any atom is -0.465 e. The van der Waals surface area contributed by atoms with Crippen LogP contribution in [0.5, 0.6) is 0 Å². The Bertz CT molecular complexity index is 498. The predicted octanol–water partition coefficient (Wildman–Crippen LogP) is 0.545. The molecule has 0 aromatic carbocycles. The maximum atomic E-state index is 11.6. The molecule has 0 aliphatic heterocycles. The summed E-state index contributed by atoms with van der Waals surface area (Å²) in [4.78, 5) is 36.0. The molecule has 76 valence electrons. The second-order valence-corrected chi connectivity index (χ2v) is 2.95. The number of aromatic amines is 1. The predicted molar refractivity (Wildman–Crippen MR) is 48.7 cm³/mol. The summed E-state index contributed by atoms with van der Waals surface area (Å²) in [5, 5.41) is 10.3. The van der Waals surface area contributed by atoms with E-state index in [-0.39, 0.29) is 17.0 Å². The number of amides is 1. The maximum Gasteiger partial charge on any atom is 0.409 e. The van der Waals surface area contributed by atoms with Crippen molar-refractivity contribution in [3.05, 3.63) is 35.3 Å². The average Bonchev–Trinajstić information content (AvgIpc) is 2.61. The van der Waals surface area contributed by atoms with Crippen LogP contribution in [0.3, 0.4) is 0 Å². The molecule has 0 unspecified atom stereocenters. The Morgan fingerprint density at radius 3 is 2.80 bits per heavy atom. The molecule has 3 N–H and O–H groups in total. The lowest BCUT2D eigenvalue weighted by Gasteiger charge is -2.10. The summed E-state index contributed by atoms with van der Waals surface area (Å²) >= 11 is 0. The van der Waals surface area contributed by atoms with Crippen LogP contribution in [-0.2, 0) is 0 Å². The molecule has 0 spiro atoms. The summed E-state index contributed by atoms with van der Waals surface area (Å²) in [6, 6.07) is 1.44. The van der Waals surface area contributed by atoms with Crippen LogP contribution < -0.4 is 5.32 Å². The SMILES string of the molecule is O=C(O)NC1=CC(=O)c2[nH]ccc2C1=O. The van der Waals surface area contributed by atoms with Crippen LogP contribution in [0, 0.1) is 0 Å². The molecule has 0 atom stereocenters. The summed E-state index contributed by atoms with van der Waals surface area (Å²) in [5.41, 5.74) is 0.154. The summed E-state index contributed by atoms with van der Waals surface area (Å²) in [5.74, 6) is -0.924. The van der Waals surface area contributed by atoms with Crippen molar-refractivity contribution >= 4 is 17.7 Å². The highest BCUT2D eigenvalue weighted by Crippen LogP contribution is 2.18. The summed E-state index contributed by atoms with van der Waals surface area (Å²) in [6.07, 6.45) is 1.05. The molecule has 0 bridgehead atoms. The lowest BCUT2D eigenvalue weighted by Crippen LogP contribution is -2.29. The molecule has 0 saturated carbocycles. The molecule has 6 heteroatoms. The first-order valence-electron chi connectivity index (χ1n) is 4.07. The van der Waals surface area contributed by atoms with Crippen LogP contribution in [0.1, 0.15) is 20.8 Å². The Balaban J connectivity index is 2.43. The number of H-pyrrole nitrogens is 1. The van der Waals surface area contributed by atoms with E-state index in [0.717, 1.165) is 6.08 Å². The fraction of sp³-hybridized carbons (Fsp3) is 0. The second kappa shape index (κ2) is 3.09. The van der Waals surface area contributed by atoms with E-state index in [4.69, 9.17) is 5.11 Å². The molecule has 0 fully saturated rings. The van der Waals surface area contributed by atoms with E-state index in [2.05, 4.69) is 4.98 Å². The van der Waals surface area contributed by atoms with E-state index in [0.29, 0.717) is 0 Å². The fourth-order valence-electron chi connectivity index (χ4n) is 1.38. The number of fused-ring (bicyclic) bond motifs is 1. The van der Waals surface area contributed by atoms with Gasteiger partial charge in [0.15, 0.2) is 0 Å². The lowest BCUT2D eigenvalue weighted by molar-refractivity contribution is 0.0975. The van der Waals surface area contributed by atoms with Crippen molar-refractivity contribution < 1.29 is 19.5 Å². The van der Waals surface area contributed by atoms with Crippen molar-refractivity contribution in [2.45, 2.75) is 0 Å². The highest BCUT2D eigenvalue weighted by Gasteiger charge is 2.27. The van der Waals surface area contributed by atoms with Crippen molar-refractivity contribution in [1.82, 2.24) is 10.3 Å². The molecular weight excluding hydrogens is 200 g/mol. The first-order chi connectivity index (χ1) is 7.09. The molecule has 1 aromatic heterocycles. The van der Waals surface area contributed by atoms with Gasteiger partial charge in [-0.3, -0.25) is 14.9 Å². The van der Waals surface area contributed by atoms with Gasteiger partial charge < -0.3 is 10.1 Å². The topological polar surface area (TPSA) is 99.3 Å². The van der Waals surface area contributed by atoms with Crippen LogP contribution in [0.4, 0.5) is 4.79 Å². The zero-order valence-electron chi connectivity index (χ0n) is 7.40. The van der Waals surface area contributed by atoms with Crippen molar-refractivity contribution in [2.24, 2.45) is 0 Å². The zero-order valence-corrected chi connectivity index (χ0v) is 7.40. The first kappa shape index (κ1) is 9.20. The van der Waals surface area contributed by atoms with Crippen molar-refractivity contribution in [3.8, 4) is 0 Å². The lowest BCUT2D eigenvalue weighted by atomic mass is 9.99. The highest BCUT2D eigenvalue weighted by atomic mass is 16.4. The largest absolute Gasteiger partial charge is 0.465 e.